The maximum absolute atomic E-state index is 13.9. The quantitative estimate of drug-likeness (QED) is 0.223. The molecule has 220 valence electrons. The number of carbonyl (C=O) groups is 3. The van der Waals surface area contributed by atoms with Gasteiger partial charge < -0.3 is 5.32 Å². The summed E-state index contributed by atoms with van der Waals surface area (Å²) in [7, 11) is 0. The number of hydrogen-bond acceptors (Lipinski definition) is 6. The fourth-order valence-electron chi connectivity index (χ4n) is 5.35. The molecule has 2 unspecified atom stereocenters. The first-order valence-corrected chi connectivity index (χ1v) is 14.7. The summed E-state index contributed by atoms with van der Waals surface area (Å²) in [5, 5.41) is 1.76. The number of fused-ring (bicyclic) bond motifs is 2. The monoisotopic (exact) mass is 627 g/mol. The number of hydrogen-bond donors (Lipinski definition) is 1. The number of thioether (sulfide) groups is 1. The van der Waals surface area contributed by atoms with Gasteiger partial charge in [0.2, 0.25) is 17.7 Å². The number of anilines is 2. The maximum Gasteiger partial charge on any atom is 0.416 e. The van der Waals surface area contributed by atoms with Crippen molar-refractivity contribution in [1.29, 1.82) is 0 Å². The van der Waals surface area contributed by atoms with E-state index in [1.54, 1.807) is 24.3 Å². The third-order valence-corrected chi connectivity index (χ3v) is 9.95. The SMILES string of the molecule is Cc1ccc(N2C(=O)C3Sc4c(sc(=O)n4CC(=O)Nc4cccc(C(F)(F)F)c4)[C@H](c4ccc(F)cc4)C3C2=O)cc1. The van der Waals surface area contributed by atoms with Crippen molar-refractivity contribution in [2.75, 3.05) is 10.2 Å². The largest absolute Gasteiger partial charge is 0.416 e. The zero-order chi connectivity index (χ0) is 30.6. The molecule has 1 aromatic heterocycles. The van der Waals surface area contributed by atoms with E-state index in [9.17, 15) is 36.7 Å². The van der Waals surface area contributed by atoms with Crippen molar-refractivity contribution < 1.29 is 31.9 Å². The first-order valence-electron chi connectivity index (χ1n) is 13.0. The second-order valence-electron chi connectivity index (χ2n) is 10.2. The highest BCUT2D eigenvalue weighted by atomic mass is 32.2. The molecule has 0 saturated carbocycles. The Hall–Kier alpha value is -4.23. The van der Waals surface area contributed by atoms with Crippen molar-refractivity contribution in [3.63, 3.8) is 0 Å². The van der Waals surface area contributed by atoms with E-state index >= 15 is 0 Å². The summed E-state index contributed by atoms with van der Waals surface area (Å²) < 4.78 is 54.4. The minimum Gasteiger partial charge on any atom is -0.325 e. The van der Waals surface area contributed by atoms with Crippen LogP contribution >= 0.6 is 23.1 Å². The van der Waals surface area contributed by atoms with Gasteiger partial charge in [0.05, 0.1) is 22.2 Å². The fraction of sp³-hybridized carbons (Fsp3) is 0.200. The van der Waals surface area contributed by atoms with Crippen LogP contribution in [0.5, 0.6) is 0 Å². The first-order chi connectivity index (χ1) is 20.4. The molecule has 7 nitrogen and oxygen atoms in total. The van der Waals surface area contributed by atoms with Gasteiger partial charge in [-0.05, 0) is 55.0 Å². The van der Waals surface area contributed by atoms with Gasteiger partial charge >= 0.3 is 11.0 Å². The summed E-state index contributed by atoms with van der Waals surface area (Å²) in [6, 6.07) is 16.5. The molecule has 3 amide bonds. The van der Waals surface area contributed by atoms with Crippen molar-refractivity contribution in [2.45, 2.75) is 35.8 Å². The zero-order valence-electron chi connectivity index (χ0n) is 22.2. The highest BCUT2D eigenvalue weighted by molar-refractivity contribution is 8.00. The Kier molecular flexibility index (Phi) is 7.25. The van der Waals surface area contributed by atoms with Crippen LogP contribution in [0, 0.1) is 18.7 Å². The number of aromatic nitrogens is 1. The maximum atomic E-state index is 13.9. The molecule has 4 aromatic rings. The lowest BCUT2D eigenvalue weighted by Crippen LogP contribution is -2.33. The molecule has 0 spiro atoms. The molecule has 0 aliphatic carbocycles. The lowest BCUT2D eigenvalue weighted by molar-refractivity contribution is -0.137. The smallest absolute Gasteiger partial charge is 0.325 e. The van der Waals surface area contributed by atoms with Crippen LogP contribution in [0.15, 0.2) is 82.6 Å². The summed E-state index contributed by atoms with van der Waals surface area (Å²) in [6.07, 6.45) is -4.61. The lowest BCUT2D eigenvalue weighted by Gasteiger charge is -2.30. The zero-order valence-corrected chi connectivity index (χ0v) is 23.9. The van der Waals surface area contributed by atoms with E-state index in [2.05, 4.69) is 5.32 Å². The van der Waals surface area contributed by atoms with E-state index < -0.39 is 63.8 Å². The van der Waals surface area contributed by atoms with E-state index in [-0.39, 0.29) is 5.69 Å². The van der Waals surface area contributed by atoms with Crippen LogP contribution in [0.2, 0.25) is 0 Å². The Labute approximate surface area is 250 Å². The molecule has 1 fully saturated rings. The third kappa shape index (κ3) is 5.27. The standard InChI is InChI=1S/C30H21F4N3O4S2/c1-15-5-11-20(12-6-15)37-26(39)23-22(16-7-9-18(31)10-8-16)25-28(42-24(23)27(37)40)36(29(41)43-25)14-21(38)35-19-4-2-3-17(13-19)30(32,33)34/h2-13,22-24H,14H2,1H3,(H,35,38)/t22-,23?,24?/m1/s1. The Bertz CT molecular complexity index is 1820. The number of benzene rings is 3. The van der Waals surface area contributed by atoms with Gasteiger partial charge in [0.25, 0.3) is 0 Å². The second kappa shape index (κ2) is 10.8. The van der Waals surface area contributed by atoms with Crippen LogP contribution in [-0.2, 0) is 27.1 Å². The summed E-state index contributed by atoms with van der Waals surface area (Å²) in [5.74, 6) is -3.88. The number of alkyl halides is 3. The average Bonchev–Trinajstić information content (AvgIpc) is 3.40. The first kappa shape index (κ1) is 28.9. The molecule has 6 rings (SSSR count). The lowest BCUT2D eigenvalue weighted by atomic mass is 9.83. The topological polar surface area (TPSA) is 88.5 Å². The molecule has 13 heteroatoms. The highest BCUT2D eigenvalue weighted by Gasteiger charge is 2.56. The number of amides is 3. The van der Waals surface area contributed by atoms with E-state index in [0.29, 0.717) is 21.2 Å². The number of aryl methyl sites for hydroxylation is 1. The summed E-state index contributed by atoms with van der Waals surface area (Å²) in [4.78, 5) is 54.8. The molecule has 0 bridgehead atoms. The summed E-state index contributed by atoms with van der Waals surface area (Å²) >= 11 is 1.81. The molecule has 3 aromatic carbocycles. The van der Waals surface area contributed by atoms with Crippen LogP contribution in [0.3, 0.4) is 0 Å². The molecule has 0 radical (unpaired) electrons. The van der Waals surface area contributed by atoms with Crippen molar-refractivity contribution >= 4 is 52.2 Å². The van der Waals surface area contributed by atoms with E-state index in [4.69, 9.17) is 0 Å². The van der Waals surface area contributed by atoms with Gasteiger partial charge in [-0.3, -0.25) is 23.7 Å². The van der Waals surface area contributed by atoms with Crippen LogP contribution in [0.1, 0.15) is 27.5 Å². The molecular weight excluding hydrogens is 606 g/mol. The Morgan fingerprint density at radius 1 is 0.953 bits per heavy atom. The number of halogens is 4. The molecule has 3 heterocycles. The molecule has 2 aliphatic rings. The third-order valence-electron chi connectivity index (χ3n) is 7.35. The van der Waals surface area contributed by atoms with Crippen molar-refractivity contribution in [1.82, 2.24) is 4.57 Å². The average molecular weight is 628 g/mol. The molecule has 3 atom stereocenters. The van der Waals surface area contributed by atoms with Gasteiger partial charge in [-0.1, -0.05) is 59.0 Å². The normalized spacial score (nSPS) is 19.7. The van der Waals surface area contributed by atoms with Crippen LogP contribution < -0.4 is 15.1 Å². The second-order valence-corrected chi connectivity index (χ2v) is 12.3. The Morgan fingerprint density at radius 3 is 2.33 bits per heavy atom. The van der Waals surface area contributed by atoms with Crippen molar-refractivity contribution in [2.24, 2.45) is 5.92 Å². The molecular formula is C30H21F4N3O4S2. The van der Waals surface area contributed by atoms with Gasteiger partial charge in [-0.2, -0.15) is 13.2 Å². The van der Waals surface area contributed by atoms with Crippen LogP contribution in [0.25, 0.3) is 0 Å². The Balaban J connectivity index is 1.37. The van der Waals surface area contributed by atoms with Crippen molar-refractivity contribution in [3.8, 4) is 0 Å². The van der Waals surface area contributed by atoms with Gasteiger partial charge in [0.1, 0.15) is 17.6 Å². The fourth-order valence-corrected chi connectivity index (χ4v) is 8.12. The molecule has 1 saturated heterocycles. The van der Waals surface area contributed by atoms with Gasteiger partial charge in [-0.15, -0.1) is 0 Å². The molecule has 2 aliphatic heterocycles. The van der Waals surface area contributed by atoms with E-state index in [0.717, 1.165) is 56.3 Å². The van der Waals surface area contributed by atoms with Crippen molar-refractivity contribution in [3.05, 3.63) is 110 Å². The number of nitrogens with one attached hydrogen (secondary N) is 1. The summed E-state index contributed by atoms with van der Waals surface area (Å²) in [6.45, 7) is 1.34. The molecule has 1 N–H and O–H groups in total. The predicted molar refractivity (Wildman–Crippen MR) is 154 cm³/mol. The van der Waals surface area contributed by atoms with Gasteiger partial charge in [0, 0.05) is 16.5 Å². The number of thiazole rings is 1. The van der Waals surface area contributed by atoms with Gasteiger partial charge in [0.15, 0.2) is 0 Å². The van der Waals surface area contributed by atoms with E-state index in [1.165, 1.54) is 30.3 Å². The number of nitrogens with zero attached hydrogens (tertiary/aromatic N) is 2. The Morgan fingerprint density at radius 2 is 1.65 bits per heavy atom. The number of carbonyl (C=O) groups excluding carboxylic acids is 3. The number of rotatable bonds is 5. The van der Waals surface area contributed by atoms with Crippen LogP contribution in [-0.4, -0.2) is 27.5 Å². The van der Waals surface area contributed by atoms with Crippen LogP contribution in [0.4, 0.5) is 28.9 Å². The molecule has 43 heavy (non-hydrogen) atoms. The number of imide groups is 1. The highest BCUT2D eigenvalue weighted by Crippen LogP contribution is 2.53. The minimum atomic E-state index is -4.61. The van der Waals surface area contributed by atoms with Gasteiger partial charge in [-0.25, -0.2) is 9.29 Å². The van der Waals surface area contributed by atoms with E-state index in [1.807, 2.05) is 6.92 Å². The predicted octanol–water partition coefficient (Wildman–Crippen LogP) is 5.81. The minimum absolute atomic E-state index is 0.0980. The summed E-state index contributed by atoms with van der Waals surface area (Å²) in [5.41, 5.74) is 0.815.